The molecule has 0 atom stereocenters. The van der Waals surface area contributed by atoms with Crippen molar-refractivity contribution in [3.05, 3.63) is 52.9 Å². The van der Waals surface area contributed by atoms with Crippen LogP contribution in [0.1, 0.15) is 92.6 Å². The largest absolute Gasteiger partial charge is 0.346 e. The molecule has 196 valence electrons. The van der Waals surface area contributed by atoms with E-state index < -0.39 is 0 Å². The van der Waals surface area contributed by atoms with Gasteiger partial charge < -0.3 is 4.98 Å². The molecule has 0 amide bonds. The molecule has 1 N–H and O–H groups in total. The van der Waals surface area contributed by atoms with Gasteiger partial charge in [0.15, 0.2) is 0 Å². The highest BCUT2D eigenvalue weighted by molar-refractivity contribution is 5.95. The predicted octanol–water partition coefficient (Wildman–Crippen LogP) is 7.56. The second-order valence-electron chi connectivity index (χ2n) is 9.56. The minimum absolute atomic E-state index is 0.922. The Kier molecular flexibility index (Phi) is 14.1. The second kappa shape index (κ2) is 16.5. The summed E-state index contributed by atoms with van der Waals surface area (Å²) in [6, 6.07) is 0. The molecule has 0 aromatic carbocycles. The Bertz CT molecular complexity index is 987. The lowest BCUT2D eigenvalue weighted by atomic mass is 10.1. The number of H-pyrrole nitrogens is 1. The van der Waals surface area contributed by atoms with E-state index in [4.69, 9.17) is 0 Å². The lowest BCUT2D eigenvalue weighted by molar-refractivity contribution is 1.02. The van der Waals surface area contributed by atoms with Crippen LogP contribution in [0.25, 0.3) is 0 Å². The average Bonchev–Trinajstić information content (AvgIpc) is 3.58. The first-order chi connectivity index (χ1) is 16.9. The molecule has 5 heterocycles. The molecular formula is C29H45N7. The van der Waals surface area contributed by atoms with Crippen LogP contribution in [-0.2, 0) is 0 Å². The van der Waals surface area contributed by atoms with Gasteiger partial charge >= 0.3 is 0 Å². The number of aromatic nitrogens is 2. The fourth-order valence-electron chi connectivity index (χ4n) is 3.25. The van der Waals surface area contributed by atoms with Crippen molar-refractivity contribution in [1.82, 2.24) is 9.97 Å². The molecule has 0 spiro atoms. The van der Waals surface area contributed by atoms with E-state index in [1.165, 1.54) is 17.0 Å². The summed E-state index contributed by atoms with van der Waals surface area (Å²) in [7, 11) is 0. The molecule has 0 radical (unpaired) electrons. The van der Waals surface area contributed by atoms with Crippen molar-refractivity contribution >= 4 is 28.6 Å². The monoisotopic (exact) mass is 491 g/mol. The Balaban J connectivity index is 0.000000225. The summed E-state index contributed by atoms with van der Waals surface area (Å²) in [5.74, 6) is 0.984. The molecule has 0 bridgehead atoms. The van der Waals surface area contributed by atoms with Gasteiger partial charge in [0.05, 0.1) is 6.54 Å². The van der Waals surface area contributed by atoms with Crippen molar-refractivity contribution in [2.24, 2.45) is 25.2 Å². The molecule has 1 aromatic rings. The molecule has 0 saturated heterocycles. The Morgan fingerprint density at radius 1 is 0.667 bits per heavy atom. The minimum atomic E-state index is 0.922. The summed E-state index contributed by atoms with van der Waals surface area (Å²) in [6.07, 6.45) is 12.5. The number of nitrogens with zero attached hydrogens (tertiary/aromatic N) is 6. The van der Waals surface area contributed by atoms with Crippen LogP contribution in [0.3, 0.4) is 0 Å². The molecule has 5 rings (SSSR count). The number of aromatic amines is 1. The van der Waals surface area contributed by atoms with Crippen molar-refractivity contribution in [3.8, 4) is 0 Å². The predicted molar refractivity (Wildman–Crippen MR) is 158 cm³/mol. The Labute approximate surface area is 218 Å². The zero-order chi connectivity index (χ0) is 27.1. The van der Waals surface area contributed by atoms with E-state index in [1.54, 1.807) is 0 Å². The maximum Gasteiger partial charge on any atom is 0.103 e. The molecule has 1 aromatic heterocycles. The molecule has 0 fully saturated rings. The van der Waals surface area contributed by atoms with Gasteiger partial charge in [-0.2, -0.15) is 10.2 Å². The maximum absolute atomic E-state index is 4.17. The van der Waals surface area contributed by atoms with E-state index >= 15 is 0 Å². The van der Waals surface area contributed by atoms with Gasteiger partial charge in [-0.1, -0.05) is 17.7 Å². The van der Waals surface area contributed by atoms with Gasteiger partial charge in [0.1, 0.15) is 5.82 Å². The van der Waals surface area contributed by atoms with E-state index in [0.29, 0.717) is 0 Å². The van der Waals surface area contributed by atoms with Crippen molar-refractivity contribution in [1.29, 1.82) is 0 Å². The van der Waals surface area contributed by atoms with Gasteiger partial charge in [0.25, 0.3) is 0 Å². The van der Waals surface area contributed by atoms with Gasteiger partial charge in [0, 0.05) is 64.7 Å². The number of rotatable bonds is 0. The van der Waals surface area contributed by atoms with Crippen LogP contribution in [0.2, 0.25) is 0 Å². The lowest BCUT2D eigenvalue weighted by Gasteiger charge is -2.02. The third-order valence-electron chi connectivity index (χ3n) is 5.22. The highest BCUT2D eigenvalue weighted by Gasteiger charge is 1.99. The fourth-order valence-corrected chi connectivity index (χ4v) is 3.25. The van der Waals surface area contributed by atoms with Crippen LogP contribution in [0.15, 0.2) is 66.6 Å². The van der Waals surface area contributed by atoms with E-state index in [9.17, 15) is 0 Å². The summed E-state index contributed by atoms with van der Waals surface area (Å²) >= 11 is 0. The molecule has 0 saturated carbocycles. The number of hydrogen-bond donors (Lipinski definition) is 1. The minimum Gasteiger partial charge on any atom is -0.346 e. The smallest absolute Gasteiger partial charge is 0.103 e. The second-order valence-corrected chi connectivity index (χ2v) is 9.56. The summed E-state index contributed by atoms with van der Waals surface area (Å²) in [4.78, 5) is 19.5. The van der Waals surface area contributed by atoms with Gasteiger partial charge in [-0.05, 0) is 88.2 Å². The normalized spacial score (nSPS) is 17.4. The van der Waals surface area contributed by atoms with Crippen molar-refractivity contribution in [2.75, 3.05) is 6.54 Å². The number of allylic oxidation sites excluding steroid dienone is 5. The van der Waals surface area contributed by atoms with E-state index in [0.717, 1.165) is 72.3 Å². The fraction of sp³-hybridized carbons (Fsp3) is 0.517. The third kappa shape index (κ3) is 14.9. The summed E-state index contributed by atoms with van der Waals surface area (Å²) in [5.41, 5.74) is 10.8. The molecule has 7 heteroatoms. The number of aryl methyl sites for hydroxylation is 2. The Morgan fingerprint density at radius 2 is 1.17 bits per heavy atom. The van der Waals surface area contributed by atoms with E-state index in [-0.39, 0.29) is 0 Å². The van der Waals surface area contributed by atoms with Crippen molar-refractivity contribution in [3.63, 3.8) is 0 Å². The molecule has 0 unspecified atom stereocenters. The van der Waals surface area contributed by atoms with Gasteiger partial charge in [-0.25, -0.2) is 4.98 Å². The van der Waals surface area contributed by atoms with Crippen LogP contribution in [0.5, 0.6) is 0 Å². The van der Waals surface area contributed by atoms with Gasteiger partial charge in [0.2, 0.25) is 0 Å². The van der Waals surface area contributed by atoms with E-state index in [1.807, 2.05) is 68.5 Å². The highest BCUT2D eigenvalue weighted by Crippen LogP contribution is 2.08. The zero-order valence-corrected chi connectivity index (χ0v) is 24.0. The molecule has 7 nitrogen and oxygen atoms in total. The quantitative estimate of drug-likeness (QED) is 0.398. The molecule has 4 aliphatic heterocycles. The standard InChI is InChI=1S/C6H10N2.3C6H9N.C5H8N2/c1-5-3-4-6(2)8-7-5;1-5-3-6(2)7-4-5;2*1-5-3-4-6(2)7-5;1-4-3-6-5(2)7-4/h3-4H2,1-2H3;3*3H,4H2,1-2H3;3H,1-2H3,(H,6,7). The molecule has 0 aliphatic carbocycles. The van der Waals surface area contributed by atoms with Crippen LogP contribution in [0, 0.1) is 13.8 Å². The topological polar surface area (TPSA) is 90.5 Å². The summed E-state index contributed by atoms with van der Waals surface area (Å²) in [5, 5.41) is 7.83. The Morgan fingerprint density at radius 3 is 1.31 bits per heavy atom. The number of hydrogen-bond acceptors (Lipinski definition) is 6. The van der Waals surface area contributed by atoms with Crippen LogP contribution >= 0.6 is 0 Å². The molecule has 4 aliphatic rings. The Hall–Kier alpha value is -3.22. The average molecular weight is 492 g/mol. The number of aliphatic imine (C=N–C) groups is 3. The first-order valence-corrected chi connectivity index (χ1v) is 12.6. The van der Waals surface area contributed by atoms with Crippen molar-refractivity contribution in [2.45, 2.75) is 94.9 Å². The van der Waals surface area contributed by atoms with Crippen LogP contribution in [0.4, 0.5) is 0 Å². The zero-order valence-electron chi connectivity index (χ0n) is 24.0. The number of imidazole rings is 1. The molecular weight excluding hydrogens is 446 g/mol. The van der Waals surface area contributed by atoms with E-state index in [2.05, 4.69) is 60.3 Å². The highest BCUT2D eigenvalue weighted by atomic mass is 15.2. The first kappa shape index (κ1) is 30.8. The van der Waals surface area contributed by atoms with Crippen LogP contribution < -0.4 is 0 Å². The summed E-state index contributed by atoms with van der Waals surface area (Å²) < 4.78 is 0. The summed E-state index contributed by atoms with van der Waals surface area (Å²) in [6.45, 7) is 21.1. The number of nitrogens with one attached hydrogen (secondary N) is 1. The first-order valence-electron chi connectivity index (χ1n) is 12.6. The van der Waals surface area contributed by atoms with Gasteiger partial charge in [-0.3, -0.25) is 15.0 Å². The maximum atomic E-state index is 4.17. The van der Waals surface area contributed by atoms with Crippen LogP contribution in [-0.4, -0.2) is 45.1 Å². The van der Waals surface area contributed by atoms with Gasteiger partial charge in [-0.15, -0.1) is 0 Å². The third-order valence-corrected chi connectivity index (χ3v) is 5.22. The molecule has 36 heavy (non-hydrogen) atoms. The lowest BCUT2D eigenvalue weighted by Crippen LogP contribution is -2.02. The van der Waals surface area contributed by atoms with Crippen molar-refractivity contribution < 1.29 is 0 Å². The SMILES string of the molecule is CC1=CC(C)=NC1.CC1=CCC(C)=N1.CC1=CCC(C)=N1.CC1=NN=C(C)CC1.Cc1cnc(C)[nH]1.